The van der Waals surface area contributed by atoms with E-state index in [1.54, 1.807) is 23.3 Å². The van der Waals surface area contributed by atoms with Gasteiger partial charge in [-0.1, -0.05) is 57.8 Å². The molecule has 0 heterocycles. The minimum absolute atomic E-state index is 0. The van der Waals surface area contributed by atoms with Crippen LogP contribution in [0.5, 0.6) is 0 Å². The quantitative estimate of drug-likeness (QED) is 0.205. The molecular formula is C22H22Br2Cl2SiZr-2. The monoisotopic (exact) mass is 632 g/mol. The molecule has 0 fully saturated rings. The summed E-state index contributed by atoms with van der Waals surface area (Å²) in [6.07, 6.45) is 0. The van der Waals surface area contributed by atoms with Crippen molar-refractivity contribution in [3.05, 3.63) is 80.7 Å². The van der Waals surface area contributed by atoms with Gasteiger partial charge in [-0.2, -0.15) is 12.1 Å². The predicted molar refractivity (Wildman–Crippen MR) is 121 cm³/mol. The van der Waals surface area contributed by atoms with Crippen LogP contribution < -0.4 is 24.8 Å². The standard InChI is InChI=1S/2C10H8Br.C2H6Si.2ClH.Zr/c2*1-7-5-8-3-2-4-10(11)9(8)6-7;1-3-2;;;/h2*2-6H,1H3;1-2H3;2*1H;/q2*-1;;;;+2/p-2. The smallest absolute Gasteiger partial charge is 0.0262 e. The number of fused-ring (bicyclic) bond motifs is 2. The van der Waals surface area contributed by atoms with Crippen molar-refractivity contribution in [3.8, 4) is 0 Å². The van der Waals surface area contributed by atoms with Gasteiger partial charge in [-0.15, -0.1) is 69.1 Å². The third kappa shape index (κ3) is 8.58. The van der Waals surface area contributed by atoms with Crippen molar-refractivity contribution in [3.63, 3.8) is 0 Å². The number of hydrogen-bond donors (Lipinski definition) is 0. The first-order valence-electron chi connectivity index (χ1n) is 8.43. The van der Waals surface area contributed by atoms with Gasteiger partial charge in [0.1, 0.15) is 0 Å². The van der Waals surface area contributed by atoms with Crippen LogP contribution in [0.2, 0.25) is 13.1 Å². The molecule has 28 heavy (non-hydrogen) atoms. The summed E-state index contributed by atoms with van der Waals surface area (Å²) in [4.78, 5) is 0. The molecule has 0 aliphatic carbocycles. The Morgan fingerprint density at radius 1 is 0.750 bits per heavy atom. The summed E-state index contributed by atoms with van der Waals surface area (Å²) in [6.45, 7) is 8.85. The Balaban J connectivity index is 0.000000415. The molecule has 4 rings (SSSR count). The van der Waals surface area contributed by atoms with E-state index in [0.29, 0.717) is 0 Å². The molecule has 0 amide bonds. The van der Waals surface area contributed by atoms with E-state index >= 15 is 0 Å². The molecule has 0 unspecified atom stereocenters. The average molecular weight is 636 g/mol. The molecule has 0 spiro atoms. The summed E-state index contributed by atoms with van der Waals surface area (Å²) in [6, 6.07) is 21.3. The number of hydrogen-bond acceptors (Lipinski definition) is 0. The van der Waals surface area contributed by atoms with Crippen molar-refractivity contribution in [2.45, 2.75) is 26.9 Å². The maximum Gasteiger partial charge on any atom is -0.0262 e. The van der Waals surface area contributed by atoms with Crippen molar-refractivity contribution in [1.82, 2.24) is 0 Å². The Bertz CT molecular complexity index is 956. The van der Waals surface area contributed by atoms with Crippen LogP contribution in [0.15, 0.2) is 69.6 Å². The molecule has 0 atom stereocenters. The summed E-state index contributed by atoms with van der Waals surface area (Å²) in [7, 11) is 0. The number of aryl methyl sites for hydroxylation is 2. The van der Waals surface area contributed by atoms with Gasteiger partial charge in [-0.3, -0.25) is 0 Å². The average Bonchev–Trinajstić information content (AvgIpc) is 3.11. The first kappa shape index (κ1) is 28.3. The fraction of sp³-hybridized carbons (Fsp3) is 0.182. The SMILES string of the molecule is C[Si](C)=[Zr+2].Cc1cc2c(Br)cccc2[cH-]1.Cc1cc2c(Br)cccc2[cH-]1.[Cl-].[Cl-]. The van der Waals surface area contributed by atoms with E-state index in [-0.39, 0.29) is 30.2 Å². The summed E-state index contributed by atoms with van der Waals surface area (Å²) in [5, 5.41) is 5.25. The van der Waals surface area contributed by atoms with Crippen LogP contribution >= 0.6 is 31.9 Å². The molecule has 0 aromatic heterocycles. The van der Waals surface area contributed by atoms with Crippen LogP contribution in [0.3, 0.4) is 0 Å². The first-order chi connectivity index (χ1) is 12.3. The van der Waals surface area contributed by atoms with E-state index in [1.807, 2.05) is 0 Å². The van der Waals surface area contributed by atoms with Gasteiger partial charge >= 0.3 is 41.9 Å². The maximum absolute atomic E-state index is 3.51. The van der Waals surface area contributed by atoms with Crippen molar-refractivity contribution in [2.75, 3.05) is 0 Å². The van der Waals surface area contributed by atoms with E-state index in [0.717, 1.165) is 0 Å². The molecule has 0 saturated heterocycles. The van der Waals surface area contributed by atoms with E-state index in [1.165, 1.54) is 41.6 Å². The number of rotatable bonds is 0. The predicted octanol–water partition coefficient (Wildman–Crippen LogP) is 2.05. The molecule has 4 aromatic rings. The van der Waals surface area contributed by atoms with E-state index in [4.69, 9.17) is 0 Å². The normalized spacial score (nSPS) is 9.43. The molecular weight excluding hydrogens is 614 g/mol. The van der Waals surface area contributed by atoms with Crippen LogP contribution in [0.4, 0.5) is 0 Å². The van der Waals surface area contributed by atoms with Gasteiger partial charge in [-0.05, 0) is 8.95 Å². The van der Waals surface area contributed by atoms with E-state index in [2.05, 4.69) is 119 Å². The van der Waals surface area contributed by atoms with Gasteiger partial charge in [0.25, 0.3) is 0 Å². The topological polar surface area (TPSA) is 0 Å². The van der Waals surface area contributed by atoms with Gasteiger partial charge < -0.3 is 24.8 Å². The van der Waals surface area contributed by atoms with E-state index in [9.17, 15) is 0 Å². The minimum Gasteiger partial charge on any atom is -1.00 e. The second-order valence-corrected chi connectivity index (χ2v) is 17.6. The molecule has 0 N–H and O–H groups in total. The molecule has 0 aliphatic rings. The van der Waals surface area contributed by atoms with Gasteiger partial charge in [0.15, 0.2) is 0 Å². The Kier molecular flexibility index (Phi) is 13.7. The zero-order valence-electron chi connectivity index (χ0n) is 16.3. The Morgan fingerprint density at radius 3 is 1.36 bits per heavy atom. The van der Waals surface area contributed by atoms with Crippen LogP contribution in [-0.4, -0.2) is 5.43 Å². The van der Waals surface area contributed by atoms with Crippen molar-refractivity contribution in [2.24, 2.45) is 0 Å². The molecule has 0 nitrogen and oxygen atoms in total. The third-order valence-corrected chi connectivity index (χ3v) is 5.07. The molecule has 148 valence electrons. The summed E-state index contributed by atoms with van der Waals surface area (Å²) < 4.78 is 2.37. The zero-order chi connectivity index (χ0) is 19.3. The van der Waals surface area contributed by atoms with Crippen molar-refractivity contribution < 1.29 is 48.1 Å². The molecule has 0 bridgehead atoms. The summed E-state index contributed by atoms with van der Waals surface area (Å²) in [5.74, 6) is 0. The molecule has 4 aromatic carbocycles. The molecule has 0 aliphatic heterocycles. The summed E-state index contributed by atoms with van der Waals surface area (Å²) in [5.41, 5.74) is 2.86. The molecule has 6 heteroatoms. The van der Waals surface area contributed by atoms with Crippen LogP contribution in [0, 0.1) is 13.8 Å². The van der Waals surface area contributed by atoms with Crippen molar-refractivity contribution >= 4 is 58.8 Å². The largest absolute Gasteiger partial charge is 1.00 e. The zero-order valence-corrected chi connectivity index (χ0v) is 24.4. The van der Waals surface area contributed by atoms with Gasteiger partial charge in [0.05, 0.1) is 0 Å². The third-order valence-electron chi connectivity index (χ3n) is 3.68. The van der Waals surface area contributed by atoms with Crippen LogP contribution in [-0.2, 0) is 23.3 Å². The van der Waals surface area contributed by atoms with Gasteiger partial charge in [0, 0.05) is 0 Å². The Labute approximate surface area is 212 Å². The van der Waals surface area contributed by atoms with E-state index < -0.39 is 0 Å². The van der Waals surface area contributed by atoms with Crippen LogP contribution in [0.1, 0.15) is 11.1 Å². The second-order valence-electron chi connectivity index (χ2n) is 6.55. The fourth-order valence-corrected chi connectivity index (χ4v) is 3.68. The van der Waals surface area contributed by atoms with Crippen LogP contribution in [0.25, 0.3) is 21.5 Å². The maximum atomic E-state index is 3.51. The fourth-order valence-electron chi connectivity index (χ4n) is 2.69. The molecule has 0 radical (unpaired) electrons. The van der Waals surface area contributed by atoms with Crippen molar-refractivity contribution in [1.29, 1.82) is 0 Å². The second kappa shape index (κ2) is 13.6. The first-order valence-corrected chi connectivity index (χ1v) is 16.2. The Hall–Kier alpha value is 0.300. The number of halogens is 4. The summed E-state index contributed by atoms with van der Waals surface area (Å²) >= 11 is 8.76. The molecule has 0 saturated carbocycles. The van der Waals surface area contributed by atoms with Gasteiger partial charge in [0.2, 0.25) is 0 Å². The number of benzene rings is 2. The van der Waals surface area contributed by atoms with Gasteiger partial charge in [-0.25, -0.2) is 0 Å². The Morgan fingerprint density at radius 2 is 1.07 bits per heavy atom. The minimum atomic E-state index is 0.